The molecule has 1 amide bonds. The number of carbonyl (C=O) groups is 1. The normalized spacial score (nSPS) is 21.3. The highest BCUT2D eigenvalue weighted by Crippen LogP contribution is 2.20. The Hall–Kier alpha value is -0.570. The Morgan fingerprint density at radius 3 is 2.37 bits per heavy atom. The number of rotatable bonds is 7. The van der Waals surface area contributed by atoms with E-state index in [9.17, 15) is 4.79 Å². The number of hydrogen-bond donors (Lipinski definition) is 1. The van der Waals surface area contributed by atoms with Crippen molar-refractivity contribution < 1.29 is 4.79 Å². The van der Waals surface area contributed by atoms with Crippen molar-refractivity contribution in [3.63, 3.8) is 0 Å². The van der Waals surface area contributed by atoms with E-state index in [0.717, 1.165) is 38.7 Å². The van der Waals surface area contributed by atoms with Gasteiger partial charge in [-0.3, -0.25) is 4.79 Å². The van der Waals surface area contributed by atoms with E-state index < -0.39 is 0 Å². The van der Waals surface area contributed by atoms with Crippen LogP contribution in [-0.4, -0.2) is 86.0 Å². The minimum Gasteiger partial charge on any atom is -0.353 e. The van der Waals surface area contributed by atoms with Gasteiger partial charge in [-0.1, -0.05) is 33.1 Å². The third-order valence-corrected chi connectivity index (χ3v) is 5.80. The van der Waals surface area contributed by atoms with Gasteiger partial charge < -0.3 is 20.0 Å². The minimum atomic E-state index is 0. The number of hydrogen-bond acceptors (Lipinski definition) is 3. The summed E-state index contributed by atoms with van der Waals surface area (Å²) in [4.78, 5) is 23.2. The molecular formula is C20H40IN5O. The lowest BCUT2D eigenvalue weighted by Crippen LogP contribution is -2.46. The van der Waals surface area contributed by atoms with Crippen LogP contribution >= 0.6 is 24.0 Å². The smallest absolute Gasteiger partial charge is 0.243 e. The predicted octanol–water partition coefficient (Wildman–Crippen LogP) is 2.63. The highest BCUT2D eigenvalue weighted by atomic mass is 127. The van der Waals surface area contributed by atoms with Crippen molar-refractivity contribution in [2.24, 2.45) is 10.9 Å². The summed E-state index contributed by atoms with van der Waals surface area (Å²) in [6.45, 7) is 10.2. The minimum absolute atomic E-state index is 0. The molecule has 0 aromatic heterocycles. The lowest BCUT2D eigenvalue weighted by molar-refractivity contribution is -0.127. The van der Waals surface area contributed by atoms with Crippen LogP contribution in [0.1, 0.15) is 52.4 Å². The molecule has 2 aliphatic rings. The molecule has 0 radical (unpaired) electrons. The topological polar surface area (TPSA) is 51.2 Å². The molecule has 6 nitrogen and oxygen atoms in total. The van der Waals surface area contributed by atoms with Gasteiger partial charge in [0, 0.05) is 39.8 Å². The Bertz CT molecular complexity index is 461. The number of likely N-dealkylation sites (tertiary alicyclic amines) is 1. The van der Waals surface area contributed by atoms with Crippen molar-refractivity contribution in [3.8, 4) is 0 Å². The zero-order chi connectivity index (χ0) is 18.9. The van der Waals surface area contributed by atoms with Gasteiger partial charge in [-0.2, -0.15) is 0 Å². The number of nitrogens with one attached hydrogen (secondary N) is 1. The summed E-state index contributed by atoms with van der Waals surface area (Å²) in [5, 5.41) is 3.69. The summed E-state index contributed by atoms with van der Waals surface area (Å²) in [5.41, 5.74) is 0. The van der Waals surface area contributed by atoms with Crippen LogP contribution in [0.3, 0.4) is 0 Å². The highest BCUT2D eigenvalue weighted by molar-refractivity contribution is 14.0. The van der Waals surface area contributed by atoms with Gasteiger partial charge >= 0.3 is 0 Å². The second kappa shape index (κ2) is 12.8. The fraction of sp³-hybridized carbons (Fsp3) is 0.900. The summed E-state index contributed by atoms with van der Waals surface area (Å²) in [6.07, 6.45) is 7.59. The van der Waals surface area contributed by atoms with Crippen molar-refractivity contribution in [1.29, 1.82) is 0 Å². The van der Waals surface area contributed by atoms with Gasteiger partial charge in [0.05, 0.1) is 0 Å². The van der Waals surface area contributed by atoms with Crippen LogP contribution in [0.25, 0.3) is 0 Å². The van der Waals surface area contributed by atoms with E-state index in [2.05, 4.69) is 29.0 Å². The standard InChI is InChI=1S/C20H39N5O.HI/c1-5-24(6-2)15-17-12-13-25(16-17)20(21-14-19(26)23(3)4)22-18-10-8-7-9-11-18;/h17-18H,5-16H2,1-4H3,(H,21,22);1H. The van der Waals surface area contributed by atoms with Crippen LogP contribution in [0.2, 0.25) is 0 Å². The number of aliphatic imine (C=N–C) groups is 1. The second-order valence-electron chi connectivity index (χ2n) is 7.99. The molecule has 1 unspecified atom stereocenters. The Balaban J connectivity index is 0.00000364. The quantitative estimate of drug-likeness (QED) is 0.337. The molecule has 1 heterocycles. The van der Waals surface area contributed by atoms with E-state index in [0.29, 0.717) is 12.0 Å². The Labute approximate surface area is 183 Å². The van der Waals surface area contributed by atoms with Gasteiger partial charge in [-0.25, -0.2) is 4.99 Å². The number of guanidine groups is 1. The molecule has 7 heteroatoms. The van der Waals surface area contributed by atoms with E-state index in [1.54, 1.807) is 19.0 Å². The molecule has 0 spiro atoms. The van der Waals surface area contributed by atoms with Gasteiger partial charge in [0.1, 0.15) is 6.54 Å². The lowest BCUT2D eigenvalue weighted by atomic mass is 9.96. The fourth-order valence-corrected chi connectivity index (χ4v) is 3.97. The van der Waals surface area contributed by atoms with Gasteiger partial charge in [-0.05, 0) is 38.3 Å². The van der Waals surface area contributed by atoms with Crippen LogP contribution < -0.4 is 5.32 Å². The molecule has 1 atom stereocenters. The molecule has 27 heavy (non-hydrogen) atoms. The molecule has 2 rings (SSSR count). The maximum atomic E-state index is 12.0. The van der Waals surface area contributed by atoms with Crippen molar-refractivity contribution in [3.05, 3.63) is 0 Å². The zero-order valence-corrected chi connectivity index (χ0v) is 20.1. The maximum absolute atomic E-state index is 12.0. The van der Waals surface area contributed by atoms with Gasteiger partial charge in [-0.15, -0.1) is 24.0 Å². The van der Waals surface area contributed by atoms with Crippen LogP contribution in [0.4, 0.5) is 0 Å². The number of carbonyl (C=O) groups excluding carboxylic acids is 1. The number of nitrogens with zero attached hydrogens (tertiary/aromatic N) is 4. The molecule has 0 aromatic rings. The zero-order valence-electron chi connectivity index (χ0n) is 17.7. The molecule has 1 saturated carbocycles. The van der Waals surface area contributed by atoms with Gasteiger partial charge in [0.2, 0.25) is 5.91 Å². The Morgan fingerprint density at radius 1 is 1.11 bits per heavy atom. The van der Waals surface area contributed by atoms with Crippen molar-refractivity contribution >= 4 is 35.8 Å². The first kappa shape index (κ1) is 24.5. The average Bonchev–Trinajstić information content (AvgIpc) is 3.12. The molecule has 1 N–H and O–H groups in total. The molecule has 158 valence electrons. The number of halogens is 1. The van der Waals surface area contributed by atoms with Crippen molar-refractivity contribution in [1.82, 2.24) is 20.0 Å². The van der Waals surface area contributed by atoms with Crippen LogP contribution in [0.15, 0.2) is 4.99 Å². The molecule has 2 fully saturated rings. The summed E-state index contributed by atoms with van der Waals surface area (Å²) >= 11 is 0. The molecule has 1 aliphatic heterocycles. The fourth-order valence-electron chi connectivity index (χ4n) is 3.97. The first-order chi connectivity index (χ1) is 12.5. The predicted molar refractivity (Wildman–Crippen MR) is 124 cm³/mol. The van der Waals surface area contributed by atoms with E-state index in [-0.39, 0.29) is 36.4 Å². The molecule has 1 aliphatic carbocycles. The van der Waals surface area contributed by atoms with E-state index in [1.165, 1.54) is 38.5 Å². The monoisotopic (exact) mass is 493 g/mol. The molecule has 0 bridgehead atoms. The largest absolute Gasteiger partial charge is 0.353 e. The summed E-state index contributed by atoms with van der Waals surface area (Å²) < 4.78 is 0. The van der Waals surface area contributed by atoms with Gasteiger partial charge in [0.25, 0.3) is 0 Å². The Kier molecular flexibility index (Phi) is 11.6. The van der Waals surface area contributed by atoms with Crippen LogP contribution in [0, 0.1) is 5.92 Å². The van der Waals surface area contributed by atoms with Crippen LogP contribution in [0.5, 0.6) is 0 Å². The maximum Gasteiger partial charge on any atom is 0.243 e. The first-order valence-corrected chi connectivity index (χ1v) is 10.5. The summed E-state index contributed by atoms with van der Waals surface area (Å²) in [6, 6.07) is 0.513. The van der Waals surface area contributed by atoms with Crippen molar-refractivity contribution in [2.75, 3.05) is 53.4 Å². The van der Waals surface area contributed by atoms with Crippen LogP contribution in [-0.2, 0) is 4.79 Å². The highest BCUT2D eigenvalue weighted by Gasteiger charge is 2.27. The molecule has 0 aromatic carbocycles. The van der Waals surface area contributed by atoms with Gasteiger partial charge in [0.15, 0.2) is 5.96 Å². The number of amides is 1. The number of likely N-dealkylation sites (N-methyl/N-ethyl adjacent to an activating group) is 1. The first-order valence-electron chi connectivity index (χ1n) is 10.5. The SMILES string of the molecule is CCN(CC)CC1CCN(C(=NCC(=O)N(C)C)NC2CCCCC2)C1.I. The average molecular weight is 493 g/mol. The molecule has 1 saturated heterocycles. The third-order valence-electron chi connectivity index (χ3n) is 5.80. The van der Waals surface area contributed by atoms with E-state index in [1.807, 2.05) is 0 Å². The lowest BCUT2D eigenvalue weighted by Gasteiger charge is -2.29. The summed E-state index contributed by atoms with van der Waals surface area (Å²) in [5.74, 6) is 1.71. The summed E-state index contributed by atoms with van der Waals surface area (Å²) in [7, 11) is 3.59. The Morgan fingerprint density at radius 2 is 1.78 bits per heavy atom. The van der Waals surface area contributed by atoms with E-state index >= 15 is 0 Å². The van der Waals surface area contributed by atoms with Crippen molar-refractivity contribution in [2.45, 2.75) is 58.4 Å². The molecular weight excluding hydrogens is 453 g/mol. The van der Waals surface area contributed by atoms with E-state index in [4.69, 9.17) is 4.99 Å². The second-order valence-corrected chi connectivity index (χ2v) is 7.99. The third kappa shape index (κ3) is 8.13.